The molecule has 11 heteroatoms. The molecule has 9 unspecified atom stereocenters. The second kappa shape index (κ2) is 37.4. The van der Waals surface area contributed by atoms with Crippen LogP contribution in [-0.2, 0) is 14.3 Å². The van der Waals surface area contributed by atoms with Gasteiger partial charge < -0.3 is 51.2 Å². The average Bonchev–Trinajstić information content (AvgIpc) is 3.22. The molecule has 0 aromatic rings. The molecule has 0 radical (unpaired) electrons. The summed E-state index contributed by atoms with van der Waals surface area (Å²) in [5.74, 6) is 0.102. The zero-order chi connectivity index (χ0) is 43.5. The standard InChI is InChI=1S/C48H94N2O9/c1-4-5-6-7-8-9-10-11-12-13-14-15-16-19-23-26-29-32-35-41(53)47(57)50-39(37-58-48-43(49)46(56)45(55)42(36-51)59-48)44(54)40(52)34-31-28-25-22-20-17-18-21-24-27-30-33-38(2)3/h31,34,38-46,48,51-56H,4-30,32-33,35-37,49H2,1-3H3,(H,50,57)/b34-31+. The molecule has 9 atom stereocenters. The van der Waals surface area contributed by atoms with Crippen molar-refractivity contribution in [2.24, 2.45) is 11.7 Å². The summed E-state index contributed by atoms with van der Waals surface area (Å²) in [4.78, 5) is 13.1. The molecule has 1 aliphatic heterocycles. The van der Waals surface area contributed by atoms with E-state index in [-0.39, 0.29) is 13.0 Å². The first kappa shape index (κ1) is 55.9. The van der Waals surface area contributed by atoms with Gasteiger partial charge in [-0.25, -0.2) is 0 Å². The highest BCUT2D eigenvalue weighted by molar-refractivity contribution is 5.80. The first-order valence-corrected chi connectivity index (χ1v) is 24.5. The SMILES string of the molecule is CCCCCCCCCCCCCCCCCCCCC(O)C(=O)NC(COC1OC(CO)C(O)C(O)C1N)C(O)C(O)/C=C/CCCCCCCCCCCC(C)C. The van der Waals surface area contributed by atoms with Gasteiger partial charge in [-0.1, -0.05) is 206 Å². The molecule has 1 aliphatic rings. The van der Waals surface area contributed by atoms with Gasteiger partial charge in [0.25, 0.3) is 0 Å². The smallest absolute Gasteiger partial charge is 0.249 e. The number of unbranched alkanes of at least 4 members (excludes halogenated alkanes) is 26. The molecule has 350 valence electrons. The summed E-state index contributed by atoms with van der Waals surface area (Å²) >= 11 is 0. The highest BCUT2D eigenvalue weighted by atomic mass is 16.7. The van der Waals surface area contributed by atoms with E-state index in [2.05, 4.69) is 26.1 Å². The van der Waals surface area contributed by atoms with Crippen molar-refractivity contribution < 1.29 is 44.9 Å². The summed E-state index contributed by atoms with van der Waals surface area (Å²) in [7, 11) is 0. The summed E-state index contributed by atoms with van der Waals surface area (Å²) in [5.41, 5.74) is 6.03. The molecule has 0 spiro atoms. The molecule has 0 aromatic heterocycles. The minimum atomic E-state index is -1.49. The van der Waals surface area contributed by atoms with E-state index < -0.39 is 67.5 Å². The molecular weight excluding hydrogens is 749 g/mol. The molecule has 59 heavy (non-hydrogen) atoms. The van der Waals surface area contributed by atoms with E-state index >= 15 is 0 Å². The Labute approximate surface area is 360 Å². The van der Waals surface area contributed by atoms with Gasteiger partial charge >= 0.3 is 0 Å². The fourth-order valence-corrected chi connectivity index (χ4v) is 7.97. The van der Waals surface area contributed by atoms with Crippen LogP contribution in [0.5, 0.6) is 0 Å². The number of rotatable bonds is 40. The normalized spacial score (nSPS) is 21.9. The average molecular weight is 843 g/mol. The predicted octanol–water partition coefficient (Wildman–Crippen LogP) is 8.27. The number of carbonyl (C=O) groups excluding carboxylic acids is 1. The van der Waals surface area contributed by atoms with Crippen molar-refractivity contribution in [3.05, 3.63) is 12.2 Å². The van der Waals surface area contributed by atoms with E-state index in [1.807, 2.05) is 6.08 Å². The zero-order valence-electron chi connectivity index (χ0n) is 38.0. The lowest BCUT2D eigenvalue weighted by Gasteiger charge is -2.41. The Kier molecular flexibility index (Phi) is 35.4. The summed E-state index contributed by atoms with van der Waals surface area (Å²) in [5, 5.41) is 65.5. The lowest BCUT2D eigenvalue weighted by atomic mass is 9.98. The van der Waals surface area contributed by atoms with Crippen LogP contribution in [0, 0.1) is 5.92 Å². The predicted molar refractivity (Wildman–Crippen MR) is 240 cm³/mol. The Morgan fingerprint density at radius 3 is 1.58 bits per heavy atom. The lowest BCUT2D eigenvalue weighted by molar-refractivity contribution is -0.268. The second-order valence-corrected chi connectivity index (χ2v) is 18.1. The molecule has 0 saturated carbocycles. The Morgan fingerprint density at radius 2 is 1.12 bits per heavy atom. The second-order valence-electron chi connectivity index (χ2n) is 18.1. The van der Waals surface area contributed by atoms with Crippen molar-refractivity contribution in [1.29, 1.82) is 0 Å². The highest BCUT2D eigenvalue weighted by Gasteiger charge is 2.43. The molecule has 11 nitrogen and oxygen atoms in total. The van der Waals surface area contributed by atoms with E-state index in [1.165, 1.54) is 147 Å². The van der Waals surface area contributed by atoms with Gasteiger partial charge in [0.2, 0.25) is 5.91 Å². The van der Waals surface area contributed by atoms with Gasteiger partial charge in [0.1, 0.15) is 36.6 Å². The minimum absolute atomic E-state index is 0.272. The van der Waals surface area contributed by atoms with Crippen molar-refractivity contribution in [3.8, 4) is 0 Å². The number of hydrogen-bond acceptors (Lipinski definition) is 10. The van der Waals surface area contributed by atoms with Gasteiger partial charge in [-0.15, -0.1) is 0 Å². The molecule has 0 aliphatic carbocycles. The van der Waals surface area contributed by atoms with Crippen molar-refractivity contribution in [3.63, 3.8) is 0 Å². The van der Waals surface area contributed by atoms with E-state index in [0.29, 0.717) is 6.42 Å². The number of hydrogen-bond donors (Lipinski definition) is 8. The molecular formula is C48H94N2O9. The van der Waals surface area contributed by atoms with Crippen molar-refractivity contribution in [2.45, 2.75) is 268 Å². The maximum Gasteiger partial charge on any atom is 0.249 e. The van der Waals surface area contributed by atoms with Crippen LogP contribution < -0.4 is 11.1 Å². The zero-order valence-corrected chi connectivity index (χ0v) is 38.0. The van der Waals surface area contributed by atoms with Crippen LogP contribution in [0.1, 0.15) is 213 Å². The third-order valence-corrected chi connectivity index (χ3v) is 12.1. The van der Waals surface area contributed by atoms with Crippen molar-refractivity contribution in [1.82, 2.24) is 5.32 Å². The van der Waals surface area contributed by atoms with Crippen LogP contribution in [0.25, 0.3) is 0 Å². The van der Waals surface area contributed by atoms with Crippen LogP contribution >= 0.6 is 0 Å². The van der Waals surface area contributed by atoms with Crippen molar-refractivity contribution in [2.75, 3.05) is 13.2 Å². The van der Waals surface area contributed by atoms with Crippen LogP contribution in [0.15, 0.2) is 12.2 Å². The van der Waals surface area contributed by atoms with Crippen molar-refractivity contribution >= 4 is 5.91 Å². The van der Waals surface area contributed by atoms with E-state index in [1.54, 1.807) is 0 Å². The summed E-state index contributed by atoms with van der Waals surface area (Å²) in [6.45, 7) is 5.87. The number of nitrogens with one attached hydrogen (secondary N) is 1. The van der Waals surface area contributed by atoms with Crippen LogP contribution in [-0.4, -0.2) is 105 Å². The molecule has 0 aromatic carbocycles. The van der Waals surface area contributed by atoms with Gasteiger partial charge in [0, 0.05) is 0 Å². The monoisotopic (exact) mass is 843 g/mol. The van der Waals surface area contributed by atoms with Crippen LogP contribution in [0.4, 0.5) is 0 Å². The molecule has 1 saturated heterocycles. The molecule has 1 amide bonds. The Bertz CT molecular complexity index is 986. The van der Waals surface area contributed by atoms with Gasteiger partial charge in [-0.2, -0.15) is 0 Å². The fraction of sp³-hybridized carbons (Fsp3) is 0.938. The van der Waals surface area contributed by atoms with Gasteiger partial charge in [-0.3, -0.25) is 4.79 Å². The van der Waals surface area contributed by atoms with Gasteiger partial charge in [0.05, 0.1) is 25.3 Å². The molecule has 1 heterocycles. The number of ether oxygens (including phenoxy) is 2. The lowest BCUT2D eigenvalue weighted by Crippen LogP contribution is -2.63. The van der Waals surface area contributed by atoms with E-state index in [4.69, 9.17) is 15.2 Å². The number of aliphatic hydroxyl groups is 6. The molecule has 9 N–H and O–H groups in total. The number of carbonyl (C=O) groups is 1. The topological polar surface area (TPSA) is 195 Å². The fourth-order valence-electron chi connectivity index (χ4n) is 7.97. The van der Waals surface area contributed by atoms with E-state index in [0.717, 1.165) is 44.4 Å². The molecule has 1 rings (SSSR count). The number of amides is 1. The third kappa shape index (κ3) is 28.2. The van der Waals surface area contributed by atoms with Gasteiger partial charge in [0.15, 0.2) is 6.29 Å². The minimum Gasteiger partial charge on any atom is -0.394 e. The quantitative estimate of drug-likeness (QED) is 0.0220. The Balaban J connectivity index is 2.44. The summed E-state index contributed by atoms with van der Waals surface area (Å²) in [6, 6.07) is -2.33. The highest BCUT2D eigenvalue weighted by Crippen LogP contribution is 2.22. The first-order chi connectivity index (χ1) is 28.5. The van der Waals surface area contributed by atoms with Crippen LogP contribution in [0.2, 0.25) is 0 Å². The molecule has 0 bridgehead atoms. The third-order valence-electron chi connectivity index (χ3n) is 12.1. The summed E-state index contributed by atoms with van der Waals surface area (Å²) in [6.07, 6.45) is 29.9. The number of allylic oxidation sites excluding steroid dienone is 1. The number of aliphatic hydroxyl groups excluding tert-OH is 6. The van der Waals surface area contributed by atoms with Crippen LogP contribution in [0.3, 0.4) is 0 Å². The number of nitrogens with two attached hydrogens (primary N) is 1. The molecule has 1 fully saturated rings. The van der Waals surface area contributed by atoms with E-state index in [9.17, 15) is 35.4 Å². The summed E-state index contributed by atoms with van der Waals surface area (Å²) < 4.78 is 11.3. The maximum atomic E-state index is 13.1. The Morgan fingerprint density at radius 1 is 0.678 bits per heavy atom. The maximum absolute atomic E-state index is 13.1. The first-order valence-electron chi connectivity index (χ1n) is 24.5. The van der Waals surface area contributed by atoms with Gasteiger partial charge in [-0.05, 0) is 25.2 Å². The largest absolute Gasteiger partial charge is 0.394 e. The Hall–Kier alpha value is -1.15.